The fourth-order valence-electron chi connectivity index (χ4n) is 2.69. The first-order valence-corrected chi connectivity index (χ1v) is 6.63. The van der Waals surface area contributed by atoms with E-state index >= 15 is 0 Å². The predicted octanol–water partition coefficient (Wildman–Crippen LogP) is 2.44. The zero-order chi connectivity index (χ0) is 15.1. The number of likely N-dealkylation sites (tertiary alicyclic amines) is 1. The third-order valence-corrected chi connectivity index (χ3v) is 3.67. The van der Waals surface area contributed by atoms with Gasteiger partial charge in [-0.25, -0.2) is 4.99 Å². The lowest BCUT2D eigenvalue weighted by molar-refractivity contribution is -0.274. The van der Waals surface area contributed by atoms with Gasteiger partial charge in [-0.15, -0.1) is 13.2 Å². The standard InChI is InChI=1S/C14H15F3N2O2/c1-19-7-6-13(9-19)8-18-12(21-13)10-2-4-11(5-3-10)20-14(15,16)17/h2-5H,6-9H2,1H3. The average Bonchev–Trinajstić information content (AvgIpc) is 2.96. The van der Waals surface area contributed by atoms with Crippen LogP contribution in [0, 0.1) is 0 Å². The highest BCUT2D eigenvalue weighted by Gasteiger charge is 2.43. The molecule has 2 heterocycles. The molecule has 1 unspecified atom stereocenters. The Labute approximate surface area is 120 Å². The monoisotopic (exact) mass is 300 g/mol. The molecular weight excluding hydrogens is 285 g/mol. The van der Waals surface area contributed by atoms with Crippen molar-refractivity contribution in [1.82, 2.24) is 4.90 Å². The van der Waals surface area contributed by atoms with Crippen LogP contribution in [0.4, 0.5) is 13.2 Å². The van der Waals surface area contributed by atoms with E-state index in [1.165, 1.54) is 24.3 Å². The molecule has 0 bridgehead atoms. The summed E-state index contributed by atoms with van der Waals surface area (Å²) in [5.41, 5.74) is 0.390. The van der Waals surface area contributed by atoms with Gasteiger partial charge in [0.05, 0.1) is 6.54 Å². The van der Waals surface area contributed by atoms with Crippen LogP contribution in [0.5, 0.6) is 5.75 Å². The summed E-state index contributed by atoms with van der Waals surface area (Å²) in [5.74, 6) is 0.240. The van der Waals surface area contributed by atoms with Crippen LogP contribution in [0.25, 0.3) is 0 Å². The molecule has 1 aromatic carbocycles. The number of likely N-dealkylation sites (N-methyl/N-ethyl adjacent to an activating group) is 1. The van der Waals surface area contributed by atoms with Crippen molar-refractivity contribution < 1.29 is 22.6 Å². The lowest BCUT2D eigenvalue weighted by Gasteiger charge is -2.22. The molecule has 1 saturated heterocycles. The molecule has 21 heavy (non-hydrogen) atoms. The Morgan fingerprint density at radius 3 is 2.57 bits per heavy atom. The number of aliphatic imine (C=N–C) groups is 1. The van der Waals surface area contributed by atoms with Crippen molar-refractivity contribution in [3.8, 4) is 5.75 Å². The molecule has 0 saturated carbocycles. The topological polar surface area (TPSA) is 34.1 Å². The number of alkyl halides is 3. The van der Waals surface area contributed by atoms with E-state index in [1.54, 1.807) is 0 Å². The van der Waals surface area contributed by atoms with Crippen LogP contribution in [-0.2, 0) is 4.74 Å². The van der Waals surface area contributed by atoms with Crippen molar-refractivity contribution in [2.75, 3.05) is 26.7 Å². The summed E-state index contributed by atoms with van der Waals surface area (Å²) in [4.78, 5) is 6.56. The minimum absolute atomic E-state index is 0.250. The van der Waals surface area contributed by atoms with Gasteiger partial charge in [0.25, 0.3) is 0 Å². The zero-order valence-electron chi connectivity index (χ0n) is 11.5. The third-order valence-electron chi connectivity index (χ3n) is 3.67. The zero-order valence-corrected chi connectivity index (χ0v) is 11.5. The van der Waals surface area contributed by atoms with Gasteiger partial charge in [-0.1, -0.05) is 0 Å². The Morgan fingerprint density at radius 1 is 1.29 bits per heavy atom. The van der Waals surface area contributed by atoms with E-state index in [4.69, 9.17) is 4.74 Å². The van der Waals surface area contributed by atoms with Crippen LogP contribution in [-0.4, -0.2) is 49.4 Å². The molecule has 0 radical (unpaired) electrons. The Kier molecular flexibility index (Phi) is 3.32. The van der Waals surface area contributed by atoms with Gasteiger partial charge in [-0.2, -0.15) is 0 Å². The van der Waals surface area contributed by atoms with Crippen LogP contribution < -0.4 is 4.74 Å². The second-order valence-electron chi connectivity index (χ2n) is 5.47. The van der Waals surface area contributed by atoms with Crippen LogP contribution in [0.3, 0.4) is 0 Å². The predicted molar refractivity (Wildman–Crippen MR) is 70.5 cm³/mol. The number of halogens is 3. The maximum Gasteiger partial charge on any atom is 0.573 e. The molecule has 0 amide bonds. The normalized spacial score (nSPS) is 26.0. The van der Waals surface area contributed by atoms with Crippen LogP contribution in [0.15, 0.2) is 29.3 Å². The van der Waals surface area contributed by atoms with Gasteiger partial charge in [0.2, 0.25) is 5.90 Å². The van der Waals surface area contributed by atoms with Crippen molar-refractivity contribution in [2.24, 2.45) is 4.99 Å². The number of hydrogen-bond donors (Lipinski definition) is 0. The number of nitrogens with zero attached hydrogens (tertiary/aromatic N) is 2. The smallest absolute Gasteiger partial charge is 0.467 e. The lowest BCUT2D eigenvalue weighted by atomic mass is 10.0. The third kappa shape index (κ3) is 3.12. The molecule has 0 aliphatic carbocycles. The first kappa shape index (κ1) is 14.2. The van der Waals surface area contributed by atoms with Crippen molar-refractivity contribution >= 4 is 5.90 Å². The van der Waals surface area contributed by atoms with E-state index in [9.17, 15) is 13.2 Å². The fourth-order valence-corrected chi connectivity index (χ4v) is 2.69. The van der Waals surface area contributed by atoms with E-state index < -0.39 is 6.36 Å². The van der Waals surface area contributed by atoms with Crippen molar-refractivity contribution in [3.63, 3.8) is 0 Å². The van der Waals surface area contributed by atoms with Gasteiger partial charge >= 0.3 is 6.36 Å². The lowest BCUT2D eigenvalue weighted by Crippen LogP contribution is -2.36. The number of hydrogen-bond acceptors (Lipinski definition) is 4. The van der Waals surface area contributed by atoms with Crippen LogP contribution in [0.1, 0.15) is 12.0 Å². The van der Waals surface area contributed by atoms with Gasteiger partial charge in [-0.05, 0) is 31.3 Å². The summed E-state index contributed by atoms with van der Waals surface area (Å²) >= 11 is 0. The number of rotatable bonds is 2. The largest absolute Gasteiger partial charge is 0.573 e. The quantitative estimate of drug-likeness (QED) is 0.841. The molecule has 1 fully saturated rings. The molecule has 1 spiro atoms. The first-order valence-electron chi connectivity index (χ1n) is 6.63. The summed E-state index contributed by atoms with van der Waals surface area (Å²) in [5, 5.41) is 0. The Bertz CT molecular complexity index is 556. The van der Waals surface area contributed by atoms with Crippen molar-refractivity contribution in [2.45, 2.75) is 18.4 Å². The molecule has 3 rings (SSSR count). The van der Waals surface area contributed by atoms with E-state index in [0.29, 0.717) is 18.0 Å². The maximum atomic E-state index is 12.1. The summed E-state index contributed by atoms with van der Waals surface area (Å²) in [6.45, 7) is 2.36. The highest BCUT2D eigenvalue weighted by Crippen LogP contribution is 2.31. The molecule has 114 valence electrons. The van der Waals surface area contributed by atoms with E-state index in [1.807, 2.05) is 7.05 Å². The first-order chi connectivity index (χ1) is 9.85. The molecule has 7 heteroatoms. The van der Waals surface area contributed by atoms with E-state index in [-0.39, 0.29) is 11.4 Å². The van der Waals surface area contributed by atoms with Crippen LogP contribution in [0.2, 0.25) is 0 Å². The molecule has 2 aliphatic rings. The summed E-state index contributed by atoms with van der Waals surface area (Å²) in [6.07, 6.45) is -3.77. The Hall–Kier alpha value is -1.76. The van der Waals surface area contributed by atoms with Gasteiger partial charge < -0.3 is 14.4 Å². The molecule has 2 aliphatic heterocycles. The molecule has 1 atom stereocenters. The molecule has 1 aromatic rings. The minimum Gasteiger partial charge on any atom is -0.467 e. The highest BCUT2D eigenvalue weighted by molar-refractivity contribution is 5.95. The molecular formula is C14H15F3N2O2. The van der Waals surface area contributed by atoms with E-state index in [0.717, 1.165) is 19.5 Å². The van der Waals surface area contributed by atoms with Gasteiger partial charge in [-0.3, -0.25) is 0 Å². The van der Waals surface area contributed by atoms with Crippen molar-refractivity contribution in [3.05, 3.63) is 29.8 Å². The Morgan fingerprint density at radius 2 is 2.00 bits per heavy atom. The van der Waals surface area contributed by atoms with E-state index in [2.05, 4.69) is 14.6 Å². The van der Waals surface area contributed by atoms with Gasteiger partial charge in [0.1, 0.15) is 11.4 Å². The Balaban J connectivity index is 1.68. The highest BCUT2D eigenvalue weighted by atomic mass is 19.4. The maximum absolute atomic E-state index is 12.1. The average molecular weight is 300 g/mol. The second kappa shape index (κ2) is 4.91. The second-order valence-corrected chi connectivity index (χ2v) is 5.47. The number of ether oxygens (including phenoxy) is 2. The summed E-state index contributed by atoms with van der Waals surface area (Å²) in [6, 6.07) is 5.58. The summed E-state index contributed by atoms with van der Waals surface area (Å²) in [7, 11) is 2.03. The molecule has 0 aromatic heterocycles. The molecule has 4 nitrogen and oxygen atoms in total. The fraction of sp³-hybridized carbons (Fsp3) is 0.500. The van der Waals surface area contributed by atoms with Crippen LogP contribution >= 0.6 is 0 Å². The van der Waals surface area contributed by atoms with Gasteiger partial charge in [0, 0.05) is 25.1 Å². The minimum atomic E-state index is -4.68. The summed E-state index contributed by atoms with van der Waals surface area (Å²) < 4.78 is 46.1. The van der Waals surface area contributed by atoms with Crippen molar-refractivity contribution in [1.29, 1.82) is 0 Å². The number of benzene rings is 1. The molecule has 0 N–H and O–H groups in total. The SMILES string of the molecule is CN1CCC2(CN=C(c3ccc(OC(F)(F)F)cc3)O2)C1. The van der Waals surface area contributed by atoms with Gasteiger partial charge in [0.15, 0.2) is 0 Å².